The number of nitrogens with zero attached hydrogens (tertiary/aromatic N) is 1. The first-order valence-electron chi connectivity index (χ1n) is 5.42. The lowest BCUT2D eigenvalue weighted by molar-refractivity contribution is -0.385. The van der Waals surface area contributed by atoms with E-state index in [1.165, 1.54) is 18.2 Å². The summed E-state index contributed by atoms with van der Waals surface area (Å²) < 4.78 is 5.44. The van der Waals surface area contributed by atoms with Crippen LogP contribution in [0.25, 0.3) is 0 Å². The number of ether oxygens (including phenoxy) is 1. The van der Waals surface area contributed by atoms with E-state index in [0.717, 1.165) is 5.56 Å². The summed E-state index contributed by atoms with van der Waals surface area (Å²) in [7, 11) is 0. The molecule has 0 saturated carbocycles. The second kappa shape index (κ2) is 5.69. The van der Waals surface area contributed by atoms with Crippen molar-refractivity contribution in [1.82, 2.24) is 0 Å². The van der Waals surface area contributed by atoms with Crippen LogP contribution in [-0.4, -0.2) is 10.0 Å². The topological polar surface area (TPSA) is 72.6 Å². The Morgan fingerprint density at radius 1 is 1.21 bits per heavy atom. The maximum Gasteiger partial charge on any atom is 0.313 e. The molecule has 0 aliphatic heterocycles. The molecular weight excluding hydrogens is 270 g/mol. The second-order valence-corrected chi connectivity index (χ2v) is 4.21. The number of aliphatic hydroxyl groups excluding tert-OH is 1. The summed E-state index contributed by atoms with van der Waals surface area (Å²) in [6.07, 6.45) is 0. The van der Waals surface area contributed by atoms with E-state index in [1.807, 2.05) is 0 Å². The molecule has 6 heteroatoms. The van der Waals surface area contributed by atoms with Gasteiger partial charge in [-0.15, -0.1) is 0 Å². The molecule has 0 aromatic heterocycles. The van der Waals surface area contributed by atoms with E-state index < -0.39 is 4.92 Å². The quantitative estimate of drug-likeness (QED) is 0.686. The summed E-state index contributed by atoms with van der Waals surface area (Å²) in [6, 6.07) is 10.8. The lowest BCUT2D eigenvalue weighted by Crippen LogP contribution is -1.93. The van der Waals surface area contributed by atoms with Gasteiger partial charge in [-0.25, -0.2) is 0 Å². The van der Waals surface area contributed by atoms with Crippen molar-refractivity contribution >= 4 is 17.3 Å². The van der Waals surface area contributed by atoms with Crippen molar-refractivity contribution in [2.75, 3.05) is 0 Å². The molecule has 0 radical (unpaired) electrons. The molecule has 0 unspecified atom stereocenters. The van der Waals surface area contributed by atoms with Crippen LogP contribution in [0.3, 0.4) is 0 Å². The van der Waals surface area contributed by atoms with Gasteiger partial charge >= 0.3 is 5.69 Å². The first kappa shape index (κ1) is 13.3. The zero-order valence-electron chi connectivity index (χ0n) is 9.75. The van der Waals surface area contributed by atoms with Crippen LogP contribution in [-0.2, 0) is 6.61 Å². The van der Waals surface area contributed by atoms with Crippen LogP contribution in [0.15, 0.2) is 42.5 Å². The molecule has 98 valence electrons. The van der Waals surface area contributed by atoms with Gasteiger partial charge in [0.05, 0.1) is 11.5 Å². The van der Waals surface area contributed by atoms with Crippen LogP contribution in [0.2, 0.25) is 5.02 Å². The monoisotopic (exact) mass is 279 g/mol. The van der Waals surface area contributed by atoms with Crippen LogP contribution in [0.1, 0.15) is 5.56 Å². The minimum atomic E-state index is -0.552. The molecule has 0 aliphatic rings. The van der Waals surface area contributed by atoms with Gasteiger partial charge in [-0.3, -0.25) is 10.1 Å². The molecular formula is C13H10ClNO4. The molecule has 0 fully saturated rings. The third kappa shape index (κ3) is 3.21. The van der Waals surface area contributed by atoms with Crippen LogP contribution < -0.4 is 4.74 Å². The van der Waals surface area contributed by atoms with Crippen LogP contribution in [0, 0.1) is 10.1 Å². The standard InChI is InChI=1S/C13H10ClNO4/c14-10-3-6-13(12(7-10)15(17)18)19-11-4-1-9(8-16)2-5-11/h1-7,16H,8H2. The third-order valence-corrected chi connectivity index (χ3v) is 2.69. The molecule has 1 N–H and O–H groups in total. The first-order valence-corrected chi connectivity index (χ1v) is 5.79. The van der Waals surface area contributed by atoms with Crippen LogP contribution >= 0.6 is 11.6 Å². The van der Waals surface area contributed by atoms with Crippen molar-refractivity contribution in [3.63, 3.8) is 0 Å². The van der Waals surface area contributed by atoms with Gasteiger partial charge in [0.1, 0.15) is 5.75 Å². The Hall–Kier alpha value is -2.11. The fraction of sp³-hybridized carbons (Fsp3) is 0.0769. The SMILES string of the molecule is O=[N+]([O-])c1cc(Cl)ccc1Oc1ccc(CO)cc1. The number of halogens is 1. The van der Waals surface area contributed by atoms with Crippen LogP contribution in [0.5, 0.6) is 11.5 Å². The van der Waals surface area contributed by atoms with E-state index in [9.17, 15) is 10.1 Å². The molecule has 0 saturated heterocycles. The highest BCUT2D eigenvalue weighted by atomic mass is 35.5. The fourth-order valence-corrected chi connectivity index (χ4v) is 1.68. The normalized spacial score (nSPS) is 10.2. The highest BCUT2D eigenvalue weighted by molar-refractivity contribution is 6.30. The Labute approximate surface area is 114 Å². The molecule has 0 atom stereocenters. The Bertz CT molecular complexity index is 598. The summed E-state index contributed by atoms with van der Waals surface area (Å²) >= 11 is 5.72. The molecule has 0 heterocycles. The van der Waals surface area contributed by atoms with Gasteiger partial charge in [-0.05, 0) is 29.8 Å². The number of nitro groups is 1. The molecule has 19 heavy (non-hydrogen) atoms. The van der Waals surface area contributed by atoms with Crippen molar-refractivity contribution in [3.05, 3.63) is 63.2 Å². The van der Waals surface area contributed by atoms with Gasteiger partial charge in [-0.1, -0.05) is 23.7 Å². The number of benzene rings is 2. The zero-order valence-corrected chi connectivity index (χ0v) is 10.5. The summed E-state index contributed by atoms with van der Waals surface area (Å²) in [5, 5.41) is 20.1. The third-order valence-electron chi connectivity index (χ3n) is 2.45. The van der Waals surface area contributed by atoms with E-state index in [-0.39, 0.29) is 23.1 Å². The van der Waals surface area contributed by atoms with E-state index in [2.05, 4.69) is 0 Å². The number of rotatable bonds is 4. The van der Waals surface area contributed by atoms with Crippen molar-refractivity contribution in [1.29, 1.82) is 0 Å². The zero-order chi connectivity index (χ0) is 13.8. The van der Waals surface area contributed by atoms with Gasteiger partial charge in [0.25, 0.3) is 0 Å². The van der Waals surface area contributed by atoms with E-state index >= 15 is 0 Å². The molecule has 2 aromatic carbocycles. The smallest absolute Gasteiger partial charge is 0.313 e. The van der Waals surface area contributed by atoms with Crippen molar-refractivity contribution in [2.45, 2.75) is 6.61 Å². The van der Waals surface area contributed by atoms with Gasteiger partial charge < -0.3 is 9.84 Å². The molecule has 2 aromatic rings. The van der Waals surface area contributed by atoms with Crippen molar-refractivity contribution < 1.29 is 14.8 Å². The number of hydrogen-bond donors (Lipinski definition) is 1. The van der Waals surface area contributed by atoms with Gasteiger partial charge in [0.15, 0.2) is 0 Å². The fourth-order valence-electron chi connectivity index (χ4n) is 1.51. The first-order chi connectivity index (χ1) is 9.10. The molecule has 0 aliphatic carbocycles. The maximum atomic E-state index is 10.9. The molecule has 0 spiro atoms. The Morgan fingerprint density at radius 3 is 2.47 bits per heavy atom. The minimum absolute atomic E-state index is 0.0681. The maximum absolute atomic E-state index is 10.9. The largest absolute Gasteiger partial charge is 0.450 e. The average molecular weight is 280 g/mol. The molecule has 5 nitrogen and oxygen atoms in total. The predicted molar refractivity (Wildman–Crippen MR) is 70.5 cm³/mol. The van der Waals surface area contributed by atoms with E-state index in [4.69, 9.17) is 21.4 Å². The number of aliphatic hydroxyl groups is 1. The van der Waals surface area contributed by atoms with Crippen LogP contribution in [0.4, 0.5) is 5.69 Å². The Kier molecular flexibility index (Phi) is 3.99. The predicted octanol–water partition coefficient (Wildman–Crippen LogP) is 3.53. The van der Waals surface area contributed by atoms with Crippen molar-refractivity contribution in [2.24, 2.45) is 0 Å². The lowest BCUT2D eigenvalue weighted by atomic mass is 10.2. The average Bonchev–Trinajstić information content (AvgIpc) is 2.41. The summed E-state index contributed by atoms with van der Waals surface area (Å²) in [5.41, 5.74) is 0.539. The van der Waals surface area contributed by atoms with E-state index in [1.54, 1.807) is 24.3 Å². The molecule has 0 bridgehead atoms. The van der Waals surface area contributed by atoms with Gasteiger partial charge in [-0.2, -0.15) is 0 Å². The van der Waals surface area contributed by atoms with E-state index in [0.29, 0.717) is 5.75 Å². The van der Waals surface area contributed by atoms with Gasteiger partial charge in [0, 0.05) is 11.1 Å². The lowest BCUT2D eigenvalue weighted by Gasteiger charge is -2.07. The minimum Gasteiger partial charge on any atom is -0.450 e. The highest BCUT2D eigenvalue weighted by Crippen LogP contribution is 2.33. The highest BCUT2D eigenvalue weighted by Gasteiger charge is 2.16. The Balaban J connectivity index is 2.29. The summed E-state index contributed by atoms with van der Waals surface area (Å²) in [4.78, 5) is 10.3. The van der Waals surface area contributed by atoms with Gasteiger partial charge in [0.2, 0.25) is 5.75 Å². The summed E-state index contributed by atoms with van der Waals surface area (Å²) in [6.45, 7) is -0.0681. The van der Waals surface area contributed by atoms with Crippen molar-refractivity contribution in [3.8, 4) is 11.5 Å². The number of nitro benzene ring substituents is 1. The second-order valence-electron chi connectivity index (χ2n) is 3.77. The summed E-state index contributed by atoms with van der Waals surface area (Å²) in [5.74, 6) is 0.564. The molecule has 0 amide bonds. The molecule has 2 rings (SSSR count). The Morgan fingerprint density at radius 2 is 1.89 bits per heavy atom. The number of hydrogen-bond acceptors (Lipinski definition) is 4.